The topological polar surface area (TPSA) is 12.9 Å². The summed E-state index contributed by atoms with van der Waals surface area (Å²) in [6, 6.07) is 8.76. The predicted molar refractivity (Wildman–Crippen MR) is 86.3 cm³/mol. The second kappa shape index (κ2) is 6.31. The molecule has 18 heavy (non-hydrogen) atoms. The number of benzene rings is 1. The van der Waals surface area contributed by atoms with Crippen LogP contribution in [0.5, 0.6) is 0 Å². The number of aryl methyl sites for hydroxylation is 1. The van der Waals surface area contributed by atoms with Crippen LogP contribution >= 0.6 is 43.2 Å². The molecule has 4 heteroatoms. The Morgan fingerprint density at radius 3 is 2.61 bits per heavy atom. The summed E-state index contributed by atoms with van der Waals surface area (Å²) >= 11 is 9.10. The fourth-order valence-electron chi connectivity index (χ4n) is 1.99. The Hall–Kier alpha value is -0.190. The van der Waals surface area contributed by atoms with Gasteiger partial charge in [0.25, 0.3) is 0 Å². The Kier molecular flexibility index (Phi) is 4.98. The predicted octanol–water partition coefficient (Wildman–Crippen LogP) is 4.72. The van der Waals surface area contributed by atoms with Crippen LogP contribution < -0.4 is 0 Å². The van der Waals surface area contributed by atoms with Gasteiger partial charge in [-0.05, 0) is 12.5 Å². The van der Waals surface area contributed by atoms with Crippen LogP contribution in [0.25, 0.3) is 0 Å². The average molecular weight is 389 g/mol. The third-order valence-electron chi connectivity index (χ3n) is 3.12. The molecule has 0 amide bonds. The third kappa shape index (κ3) is 3.03. The normalized spacial score (nSPS) is 11.7. The van der Waals surface area contributed by atoms with E-state index in [2.05, 4.69) is 68.0 Å². The van der Waals surface area contributed by atoms with E-state index in [1.165, 1.54) is 16.1 Å². The quantitative estimate of drug-likeness (QED) is 0.675. The van der Waals surface area contributed by atoms with Gasteiger partial charge in [-0.3, -0.25) is 0 Å². The van der Waals surface area contributed by atoms with Crippen LogP contribution in [-0.4, -0.2) is 15.6 Å². The maximum atomic E-state index is 4.42. The average Bonchev–Trinajstić information content (AvgIpc) is 2.89. The van der Waals surface area contributed by atoms with Crippen LogP contribution in [0.4, 0.5) is 0 Å². The lowest BCUT2D eigenvalue weighted by Gasteiger charge is -2.30. The van der Waals surface area contributed by atoms with Gasteiger partial charge in [-0.1, -0.05) is 61.7 Å². The summed E-state index contributed by atoms with van der Waals surface area (Å²) in [5, 5.41) is 5.08. The molecule has 1 heterocycles. The molecular formula is C14H15Br2NS. The van der Waals surface area contributed by atoms with E-state index >= 15 is 0 Å². The van der Waals surface area contributed by atoms with Crippen molar-refractivity contribution >= 4 is 43.2 Å². The molecule has 0 aliphatic heterocycles. The van der Waals surface area contributed by atoms with Crippen LogP contribution in [0, 0.1) is 6.92 Å². The number of rotatable bonds is 5. The highest BCUT2D eigenvalue weighted by molar-refractivity contribution is 9.09. The molecule has 0 saturated carbocycles. The van der Waals surface area contributed by atoms with Gasteiger partial charge in [0.15, 0.2) is 0 Å². The summed E-state index contributed by atoms with van der Waals surface area (Å²) in [6.45, 7) is 2.14. The van der Waals surface area contributed by atoms with Crippen molar-refractivity contribution in [1.82, 2.24) is 4.98 Å². The Morgan fingerprint density at radius 2 is 2.06 bits per heavy atom. The van der Waals surface area contributed by atoms with Crippen molar-refractivity contribution in [2.24, 2.45) is 0 Å². The SMILES string of the molecule is Cc1cccc(C(CBr)(CBr)Cc2nccs2)c1. The zero-order chi connectivity index (χ0) is 13.0. The summed E-state index contributed by atoms with van der Waals surface area (Å²) in [7, 11) is 0. The van der Waals surface area contributed by atoms with Gasteiger partial charge in [-0.2, -0.15) is 0 Å². The van der Waals surface area contributed by atoms with Crippen molar-refractivity contribution < 1.29 is 0 Å². The molecule has 0 unspecified atom stereocenters. The highest BCUT2D eigenvalue weighted by atomic mass is 79.9. The first kappa shape index (κ1) is 14.2. The molecule has 1 nitrogen and oxygen atoms in total. The van der Waals surface area contributed by atoms with E-state index in [-0.39, 0.29) is 5.41 Å². The molecule has 0 spiro atoms. The Bertz CT molecular complexity index is 492. The first-order chi connectivity index (χ1) is 8.70. The number of hydrogen-bond donors (Lipinski definition) is 0. The van der Waals surface area contributed by atoms with Crippen LogP contribution in [0.1, 0.15) is 16.1 Å². The van der Waals surface area contributed by atoms with E-state index in [0.717, 1.165) is 17.1 Å². The number of thiazole rings is 1. The monoisotopic (exact) mass is 387 g/mol. The molecule has 2 aromatic rings. The van der Waals surface area contributed by atoms with Crippen LogP contribution in [0.15, 0.2) is 35.8 Å². The number of halogens is 2. The summed E-state index contributed by atoms with van der Waals surface area (Å²) < 4.78 is 0. The number of alkyl halides is 2. The van der Waals surface area contributed by atoms with Crippen molar-refractivity contribution in [1.29, 1.82) is 0 Å². The van der Waals surface area contributed by atoms with Gasteiger partial charge < -0.3 is 0 Å². The molecular weight excluding hydrogens is 374 g/mol. The Labute approximate surface area is 129 Å². The molecule has 0 saturated heterocycles. The van der Waals surface area contributed by atoms with Crippen molar-refractivity contribution in [2.45, 2.75) is 18.8 Å². The molecule has 0 bridgehead atoms. The van der Waals surface area contributed by atoms with Crippen molar-refractivity contribution in [3.8, 4) is 0 Å². The van der Waals surface area contributed by atoms with Gasteiger partial charge in [-0.25, -0.2) is 4.98 Å². The largest absolute Gasteiger partial charge is 0.250 e. The van der Waals surface area contributed by atoms with Crippen molar-refractivity contribution in [3.63, 3.8) is 0 Å². The minimum atomic E-state index is 0.0733. The summed E-state index contributed by atoms with van der Waals surface area (Å²) in [6.07, 6.45) is 2.84. The van der Waals surface area contributed by atoms with Gasteiger partial charge in [0, 0.05) is 34.1 Å². The van der Waals surface area contributed by atoms with Crippen molar-refractivity contribution in [3.05, 3.63) is 52.0 Å². The number of nitrogens with zero attached hydrogens (tertiary/aromatic N) is 1. The highest BCUT2D eigenvalue weighted by Gasteiger charge is 2.31. The highest BCUT2D eigenvalue weighted by Crippen LogP contribution is 2.33. The summed E-state index contributed by atoms with van der Waals surface area (Å²) in [5.41, 5.74) is 2.74. The van der Waals surface area contributed by atoms with Gasteiger partial charge in [-0.15, -0.1) is 11.3 Å². The first-order valence-corrected chi connectivity index (χ1v) is 8.90. The lowest BCUT2D eigenvalue weighted by molar-refractivity contribution is 0.549. The van der Waals surface area contributed by atoms with E-state index < -0.39 is 0 Å². The first-order valence-electron chi connectivity index (χ1n) is 5.78. The van der Waals surface area contributed by atoms with Crippen molar-refractivity contribution in [2.75, 3.05) is 10.7 Å². The van der Waals surface area contributed by atoms with E-state index in [1.54, 1.807) is 11.3 Å². The molecule has 1 aromatic heterocycles. The molecule has 0 fully saturated rings. The fourth-order valence-corrected chi connectivity index (χ4v) is 4.72. The second-order valence-electron chi connectivity index (χ2n) is 4.52. The zero-order valence-electron chi connectivity index (χ0n) is 10.2. The minimum Gasteiger partial charge on any atom is -0.250 e. The minimum absolute atomic E-state index is 0.0733. The maximum absolute atomic E-state index is 4.42. The van der Waals surface area contributed by atoms with E-state index in [1.807, 2.05) is 11.6 Å². The molecule has 1 aromatic carbocycles. The van der Waals surface area contributed by atoms with Gasteiger partial charge >= 0.3 is 0 Å². The molecule has 0 atom stereocenters. The standard InChI is InChI=1S/C14H15Br2NS/c1-11-3-2-4-12(7-11)14(9-15,10-16)8-13-17-5-6-18-13/h2-7H,8-10H2,1H3. The third-order valence-corrected chi connectivity index (χ3v) is 6.04. The van der Waals surface area contributed by atoms with E-state index in [4.69, 9.17) is 0 Å². The van der Waals surface area contributed by atoms with E-state index in [0.29, 0.717) is 0 Å². The molecule has 96 valence electrons. The summed E-state index contributed by atoms with van der Waals surface area (Å²) in [5.74, 6) is 0. The number of aromatic nitrogens is 1. The molecule has 0 N–H and O–H groups in total. The number of hydrogen-bond acceptors (Lipinski definition) is 2. The van der Waals surface area contributed by atoms with Gasteiger partial charge in [0.2, 0.25) is 0 Å². The smallest absolute Gasteiger partial charge is 0.0934 e. The Morgan fingerprint density at radius 1 is 1.28 bits per heavy atom. The second-order valence-corrected chi connectivity index (χ2v) is 6.62. The van der Waals surface area contributed by atoms with Crippen LogP contribution in [0.3, 0.4) is 0 Å². The zero-order valence-corrected chi connectivity index (χ0v) is 14.2. The Balaban J connectivity index is 2.37. The lowest BCUT2D eigenvalue weighted by atomic mass is 9.81. The lowest BCUT2D eigenvalue weighted by Crippen LogP contribution is -2.33. The molecule has 0 aliphatic carbocycles. The van der Waals surface area contributed by atoms with E-state index in [9.17, 15) is 0 Å². The van der Waals surface area contributed by atoms with Crippen LogP contribution in [0.2, 0.25) is 0 Å². The maximum Gasteiger partial charge on any atom is 0.0934 e. The molecule has 2 rings (SSSR count). The van der Waals surface area contributed by atoms with Gasteiger partial charge in [0.1, 0.15) is 0 Å². The molecule has 0 radical (unpaired) electrons. The fraction of sp³-hybridized carbons (Fsp3) is 0.357. The summed E-state index contributed by atoms with van der Waals surface area (Å²) in [4.78, 5) is 4.42. The van der Waals surface area contributed by atoms with Crippen LogP contribution in [-0.2, 0) is 11.8 Å². The molecule has 0 aliphatic rings. The van der Waals surface area contributed by atoms with Gasteiger partial charge in [0.05, 0.1) is 5.01 Å².